The Morgan fingerprint density at radius 3 is 2.16 bits per heavy atom. The van der Waals surface area contributed by atoms with E-state index in [-0.39, 0.29) is 12.0 Å². The molecule has 2 aromatic carbocycles. The predicted octanol–water partition coefficient (Wildman–Crippen LogP) is 3.66. The molecule has 0 aliphatic carbocycles. The summed E-state index contributed by atoms with van der Waals surface area (Å²) in [6.45, 7) is 2.01. The Morgan fingerprint density at radius 2 is 1.56 bits per heavy atom. The van der Waals surface area contributed by atoms with E-state index in [9.17, 15) is 9.90 Å². The van der Waals surface area contributed by atoms with Crippen LogP contribution in [0.3, 0.4) is 0 Å². The van der Waals surface area contributed by atoms with E-state index >= 15 is 0 Å². The molecule has 0 saturated carbocycles. The van der Waals surface area contributed by atoms with Crippen LogP contribution in [0.1, 0.15) is 19.3 Å². The molecule has 2 aromatic rings. The highest BCUT2D eigenvalue weighted by molar-refractivity contribution is 7.99. The van der Waals surface area contributed by atoms with Gasteiger partial charge in [-0.3, -0.25) is 4.79 Å². The lowest BCUT2D eigenvalue weighted by Gasteiger charge is -2.34. The molecule has 4 nitrogen and oxygen atoms in total. The molecule has 0 radical (unpaired) electrons. The van der Waals surface area contributed by atoms with Gasteiger partial charge in [0.25, 0.3) is 0 Å². The molecule has 1 fully saturated rings. The number of hydrogen-bond acceptors (Lipinski definition) is 4. The minimum absolute atomic E-state index is 0.181. The fraction of sp³-hybridized carbons (Fsp3) is 0.350. The molecule has 25 heavy (non-hydrogen) atoms. The molecule has 2 heterocycles. The zero-order valence-corrected chi connectivity index (χ0v) is 14.9. The fourth-order valence-electron chi connectivity index (χ4n) is 3.50. The number of para-hydroxylation sites is 2. The lowest BCUT2D eigenvalue weighted by molar-refractivity contribution is -0.132. The van der Waals surface area contributed by atoms with Gasteiger partial charge in [0.15, 0.2) is 0 Å². The number of anilines is 2. The standard InChI is InChI=1S/C20H22N2O2S/c23-15-9-12-21(13-10-15)20(24)11-14-22-16-5-1-3-7-18(16)25-19-8-4-2-6-17(19)22/h1-8,15,23H,9-14H2. The van der Waals surface area contributed by atoms with Crippen molar-refractivity contribution in [3.63, 3.8) is 0 Å². The van der Waals surface area contributed by atoms with E-state index in [1.807, 2.05) is 17.0 Å². The highest BCUT2D eigenvalue weighted by Crippen LogP contribution is 2.47. The molecular formula is C20H22N2O2S. The smallest absolute Gasteiger partial charge is 0.224 e. The summed E-state index contributed by atoms with van der Waals surface area (Å²) in [4.78, 5) is 19.2. The van der Waals surface area contributed by atoms with Gasteiger partial charge in [0.05, 0.1) is 17.5 Å². The van der Waals surface area contributed by atoms with E-state index in [0.29, 0.717) is 38.9 Å². The summed E-state index contributed by atoms with van der Waals surface area (Å²) in [5, 5.41) is 9.61. The van der Waals surface area contributed by atoms with Crippen LogP contribution < -0.4 is 4.90 Å². The van der Waals surface area contributed by atoms with Crippen molar-refractivity contribution in [3.8, 4) is 0 Å². The van der Waals surface area contributed by atoms with Gasteiger partial charge in [-0.25, -0.2) is 0 Å². The van der Waals surface area contributed by atoms with Crippen molar-refractivity contribution >= 4 is 29.0 Å². The number of benzene rings is 2. The number of carbonyl (C=O) groups is 1. The lowest BCUT2D eigenvalue weighted by Crippen LogP contribution is -2.41. The first-order chi connectivity index (χ1) is 12.2. The Morgan fingerprint density at radius 1 is 1.00 bits per heavy atom. The first-order valence-corrected chi connectivity index (χ1v) is 9.63. The number of carbonyl (C=O) groups excluding carboxylic acids is 1. The van der Waals surface area contributed by atoms with E-state index < -0.39 is 0 Å². The molecule has 0 bridgehead atoms. The molecule has 1 amide bonds. The number of rotatable bonds is 3. The van der Waals surface area contributed by atoms with Crippen LogP contribution in [0.2, 0.25) is 0 Å². The first kappa shape index (κ1) is 16.5. The van der Waals surface area contributed by atoms with E-state index in [0.717, 1.165) is 0 Å². The third kappa shape index (κ3) is 3.39. The van der Waals surface area contributed by atoms with E-state index in [2.05, 4.69) is 41.3 Å². The molecule has 0 aromatic heterocycles. The minimum Gasteiger partial charge on any atom is -0.393 e. The number of fused-ring (bicyclic) bond motifs is 2. The fourth-order valence-corrected chi connectivity index (χ4v) is 4.60. The Labute approximate surface area is 152 Å². The zero-order chi connectivity index (χ0) is 17.2. The second-order valence-corrected chi connectivity index (χ2v) is 7.63. The van der Waals surface area contributed by atoms with Crippen LogP contribution in [-0.4, -0.2) is 41.7 Å². The second kappa shape index (κ2) is 7.10. The Kier molecular flexibility index (Phi) is 4.68. The predicted molar refractivity (Wildman–Crippen MR) is 100 cm³/mol. The average molecular weight is 354 g/mol. The summed E-state index contributed by atoms with van der Waals surface area (Å²) in [7, 11) is 0. The average Bonchev–Trinajstić information content (AvgIpc) is 2.65. The topological polar surface area (TPSA) is 43.8 Å². The third-order valence-corrected chi connectivity index (χ3v) is 6.03. The van der Waals surface area contributed by atoms with Crippen LogP contribution >= 0.6 is 11.8 Å². The molecular weight excluding hydrogens is 332 g/mol. The number of hydrogen-bond donors (Lipinski definition) is 1. The number of likely N-dealkylation sites (tertiary alicyclic amines) is 1. The van der Waals surface area contributed by atoms with Crippen molar-refractivity contribution in [2.24, 2.45) is 0 Å². The summed E-state index contributed by atoms with van der Waals surface area (Å²) in [6, 6.07) is 16.7. The monoisotopic (exact) mass is 354 g/mol. The molecule has 2 aliphatic rings. The summed E-state index contributed by atoms with van der Waals surface area (Å²) in [5.74, 6) is 0.181. The van der Waals surface area contributed by atoms with Crippen molar-refractivity contribution in [2.45, 2.75) is 35.2 Å². The quantitative estimate of drug-likeness (QED) is 0.913. The molecule has 0 atom stereocenters. The van der Waals surface area contributed by atoms with Crippen LogP contribution in [0.25, 0.3) is 0 Å². The normalized spacial score (nSPS) is 17.2. The van der Waals surface area contributed by atoms with Crippen molar-refractivity contribution in [1.82, 2.24) is 4.90 Å². The van der Waals surface area contributed by atoms with E-state index in [1.165, 1.54) is 21.2 Å². The first-order valence-electron chi connectivity index (χ1n) is 8.81. The SMILES string of the molecule is O=C(CCN1c2ccccc2Sc2ccccc21)N1CCC(O)CC1. The van der Waals surface area contributed by atoms with Crippen LogP contribution in [0.5, 0.6) is 0 Å². The maximum absolute atomic E-state index is 12.6. The number of amides is 1. The van der Waals surface area contributed by atoms with Gasteiger partial charge >= 0.3 is 0 Å². The second-order valence-electron chi connectivity index (χ2n) is 6.55. The molecule has 4 rings (SSSR count). The zero-order valence-electron chi connectivity index (χ0n) is 14.1. The van der Waals surface area contributed by atoms with Gasteiger partial charge in [-0.1, -0.05) is 36.0 Å². The maximum atomic E-state index is 12.6. The van der Waals surface area contributed by atoms with Crippen LogP contribution in [-0.2, 0) is 4.79 Å². The number of aliphatic hydroxyl groups is 1. The summed E-state index contributed by atoms with van der Waals surface area (Å²) in [5.41, 5.74) is 2.35. The highest BCUT2D eigenvalue weighted by atomic mass is 32.2. The van der Waals surface area contributed by atoms with Gasteiger partial charge in [0, 0.05) is 35.8 Å². The van der Waals surface area contributed by atoms with Crippen LogP contribution in [0.4, 0.5) is 11.4 Å². The summed E-state index contributed by atoms with van der Waals surface area (Å²) >= 11 is 1.78. The van der Waals surface area contributed by atoms with Crippen LogP contribution in [0.15, 0.2) is 58.3 Å². The molecule has 1 saturated heterocycles. The Hall–Kier alpha value is -1.98. The van der Waals surface area contributed by atoms with Gasteiger partial charge in [-0.15, -0.1) is 0 Å². The van der Waals surface area contributed by atoms with Gasteiger partial charge in [0.2, 0.25) is 5.91 Å². The van der Waals surface area contributed by atoms with Crippen LogP contribution in [0, 0.1) is 0 Å². The van der Waals surface area contributed by atoms with Crippen molar-refractivity contribution < 1.29 is 9.90 Å². The molecule has 2 aliphatic heterocycles. The Balaban J connectivity index is 1.51. The highest BCUT2D eigenvalue weighted by Gasteiger charge is 2.25. The molecule has 1 N–H and O–H groups in total. The van der Waals surface area contributed by atoms with Gasteiger partial charge < -0.3 is 14.9 Å². The van der Waals surface area contributed by atoms with Gasteiger partial charge in [0.1, 0.15) is 0 Å². The third-order valence-electron chi connectivity index (χ3n) is 4.90. The van der Waals surface area contributed by atoms with E-state index in [4.69, 9.17) is 0 Å². The summed E-state index contributed by atoms with van der Waals surface area (Å²) in [6.07, 6.45) is 1.63. The largest absolute Gasteiger partial charge is 0.393 e. The van der Waals surface area contributed by atoms with Gasteiger partial charge in [-0.2, -0.15) is 0 Å². The number of aliphatic hydroxyl groups excluding tert-OH is 1. The number of nitrogens with zero attached hydrogens (tertiary/aromatic N) is 2. The maximum Gasteiger partial charge on any atom is 0.224 e. The lowest BCUT2D eigenvalue weighted by atomic mass is 10.1. The molecule has 0 unspecified atom stereocenters. The van der Waals surface area contributed by atoms with Gasteiger partial charge in [-0.05, 0) is 37.1 Å². The number of piperidine rings is 1. The van der Waals surface area contributed by atoms with Crippen molar-refractivity contribution in [1.29, 1.82) is 0 Å². The minimum atomic E-state index is -0.248. The Bertz CT molecular complexity index is 726. The molecule has 0 spiro atoms. The summed E-state index contributed by atoms with van der Waals surface area (Å²) < 4.78 is 0. The van der Waals surface area contributed by atoms with Crippen molar-refractivity contribution in [3.05, 3.63) is 48.5 Å². The molecule has 130 valence electrons. The van der Waals surface area contributed by atoms with Crippen molar-refractivity contribution in [2.75, 3.05) is 24.5 Å². The molecule has 5 heteroatoms. The van der Waals surface area contributed by atoms with E-state index in [1.54, 1.807) is 11.8 Å².